The van der Waals surface area contributed by atoms with Gasteiger partial charge in [0.05, 0.1) is 0 Å². The normalized spacial score (nSPS) is 13.4. The molecule has 4 heterocycles. The summed E-state index contributed by atoms with van der Waals surface area (Å²) < 4.78 is 14.7. The first-order valence-electron chi connectivity index (χ1n) is 23.9. The first-order chi connectivity index (χ1) is 32.9. The number of anilines is 6. The predicted octanol–water partition coefficient (Wildman–Crippen LogP) is 12.3. The van der Waals surface area contributed by atoms with E-state index in [2.05, 4.69) is 223 Å². The molecule has 0 saturated heterocycles. The maximum atomic E-state index is 7.34. The zero-order chi connectivity index (χ0) is 46.3. The molecule has 0 radical (unpaired) electrons. The van der Waals surface area contributed by atoms with E-state index in [1.54, 1.807) is 0 Å². The van der Waals surface area contributed by atoms with Gasteiger partial charge in [0.25, 0.3) is 13.4 Å². The van der Waals surface area contributed by atoms with E-state index in [9.17, 15) is 0 Å². The number of hydrogen-bond acceptors (Lipinski definition) is 4. The molecule has 0 aliphatic carbocycles. The maximum Gasteiger partial charge on any atom is 0.256 e. The van der Waals surface area contributed by atoms with Crippen LogP contribution in [-0.2, 0) is 0 Å². The molecule has 0 spiro atoms. The van der Waals surface area contributed by atoms with E-state index in [4.69, 9.17) is 9.47 Å². The third-order valence-electron chi connectivity index (χ3n) is 14.9. The molecule has 0 saturated carbocycles. The number of benzene rings is 9. The second-order valence-electron chi connectivity index (χ2n) is 19.9. The van der Waals surface area contributed by atoms with E-state index >= 15 is 0 Å². The highest BCUT2D eigenvalue weighted by molar-refractivity contribution is 7.02. The molecule has 0 fully saturated rings. The minimum Gasteiger partial charge on any atom is -0.458 e. The SMILES string of the molecule is Cc1ccc(N2c3ccc(C)cc3B3c4cc5c(cc4Oc4cc(-c6ccc(C)cc6C)cc2c43)Oc2cc(-c3ccc(C)cc3C)cc3c2B5c2cc(C)ccc2N3c2ccc(C)cc2)cc1. The molecule has 13 rings (SSSR count). The minimum atomic E-state index is -0.0869. The van der Waals surface area contributed by atoms with Crippen molar-refractivity contribution in [3.63, 3.8) is 0 Å². The summed E-state index contributed by atoms with van der Waals surface area (Å²) in [6, 6.07) is 59.3. The Kier molecular flexibility index (Phi) is 8.89. The molecule has 326 valence electrons. The quantitative estimate of drug-likeness (QED) is 0.165. The van der Waals surface area contributed by atoms with Gasteiger partial charge >= 0.3 is 0 Å². The Bertz CT molecular complexity index is 3400. The molecule has 68 heavy (non-hydrogen) atoms. The van der Waals surface area contributed by atoms with Crippen molar-refractivity contribution in [2.75, 3.05) is 9.80 Å². The first kappa shape index (κ1) is 40.6. The molecule has 0 aromatic heterocycles. The van der Waals surface area contributed by atoms with Gasteiger partial charge in [-0.05, 0) is 182 Å². The van der Waals surface area contributed by atoms with Crippen molar-refractivity contribution < 1.29 is 9.47 Å². The van der Waals surface area contributed by atoms with E-state index in [1.165, 1.54) is 88.9 Å². The summed E-state index contributed by atoms with van der Waals surface area (Å²) in [6.45, 7) is 17.3. The minimum absolute atomic E-state index is 0.0869. The number of rotatable bonds is 4. The molecule has 6 heteroatoms. The summed E-state index contributed by atoms with van der Waals surface area (Å²) in [7, 11) is 0. The van der Waals surface area contributed by atoms with Gasteiger partial charge in [-0.25, -0.2) is 0 Å². The fourth-order valence-electron chi connectivity index (χ4n) is 11.8. The standard InChI is InChI=1S/C62H50B2N2O2/c1-35-9-17-45(18-10-35)65-53-23-15-39(5)27-49(53)63-51-33-52-58(34-57(51)67-59-31-43(29-55(65)61(59)63)47-21-13-37(3)25-41(47)7)68-60-32-44(48-22-14-38(4)26-42(48)8)30-56-62(60)64(52)50-28-40(6)16-24-54(50)66(56)46-19-11-36(2)12-20-46/h9-34H,1-8H3. The summed E-state index contributed by atoms with van der Waals surface area (Å²) in [5, 5.41) is 0. The molecule has 4 nitrogen and oxygen atoms in total. The molecule has 0 atom stereocenters. The van der Waals surface area contributed by atoms with Crippen LogP contribution < -0.4 is 52.1 Å². The van der Waals surface area contributed by atoms with E-state index in [0.717, 1.165) is 67.8 Å². The smallest absolute Gasteiger partial charge is 0.256 e. The van der Waals surface area contributed by atoms with Gasteiger partial charge in [-0.1, -0.05) is 124 Å². The third kappa shape index (κ3) is 6.16. The van der Waals surface area contributed by atoms with Gasteiger partial charge in [-0.15, -0.1) is 0 Å². The summed E-state index contributed by atoms with van der Waals surface area (Å²) in [5.41, 5.74) is 28.7. The van der Waals surface area contributed by atoms with Gasteiger partial charge in [0.15, 0.2) is 0 Å². The van der Waals surface area contributed by atoms with Crippen molar-refractivity contribution in [2.24, 2.45) is 0 Å². The van der Waals surface area contributed by atoms with Crippen LogP contribution in [0.2, 0.25) is 0 Å². The lowest BCUT2D eigenvalue weighted by Crippen LogP contribution is -2.63. The van der Waals surface area contributed by atoms with E-state index in [0.29, 0.717) is 0 Å². The molecule has 0 bridgehead atoms. The second kappa shape index (κ2) is 14.9. The average Bonchev–Trinajstić information content (AvgIpc) is 3.31. The largest absolute Gasteiger partial charge is 0.458 e. The van der Waals surface area contributed by atoms with Crippen molar-refractivity contribution in [3.8, 4) is 45.3 Å². The topological polar surface area (TPSA) is 24.9 Å². The van der Waals surface area contributed by atoms with Crippen LogP contribution in [-0.4, -0.2) is 13.4 Å². The number of fused-ring (bicyclic) bond motifs is 8. The molecular weight excluding hydrogens is 826 g/mol. The van der Waals surface area contributed by atoms with E-state index in [1.807, 2.05) is 0 Å². The van der Waals surface area contributed by atoms with Gasteiger partial charge in [0.1, 0.15) is 23.0 Å². The summed E-state index contributed by atoms with van der Waals surface area (Å²) in [6.07, 6.45) is 0. The Morgan fingerprint density at radius 3 is 1.10 bits per heavy atom. The number of aryl methyl sites for hydroxylation is 8. The van der Waals surface area contributed by atoms with Crippen molar-refractivity contribution in [2.45, 2.75) is 55.4 Å². The van der Waals surface area contributed by atoms with Crippen LogP contribution in [0.15, 0.2) is 158 Å². The van der Waals surface area contributed by atoms with Gasteiger partial charge in [-0.3, -0.25) is 0 Å². The highest BCUT2D eigenvalue weighted by atomic mass is 16.5. The molecular formula is C62H50B2N2O2. The van der Waals surface area contributed by atoms with Gasteiger partial charge in [0.2, 0.25) is 0 Å². The Morgan fingerprint density at radius 1 is 0.309 bits per heavy atom. The highest BCUT2D eigenvalue weighted by Crippen LogP contribution is 2.47. The lowest BCUT2D eigenvalue weighted by atomic mass is 9.31. The Hall–Kier alpha value is -7.69. The zero-order valence-electron chi connectivity index (χ0n) is 39.9. The molecule has 4 aliphatic heterocycles. The summed E-state index contributed by atoms with van der Waals surface area (Å²) in [5.74, 6) is 3.42. The Labute approximate surface area is 400 Å². The Morgan fingerprint density at radius 2 is 0.691 bits per heavy atom. The van der Waals surface area contributed by atoms with Crippen molar-refractivity contribution in [1.82, 2.24) is 0 Å². The van der Waals surface area contributed by atoms with Crippen molar-refractivity contribution >= 4 is 80.3 Å². The van der Waals surface area contributed by atoms with E-state index in [-0.39, 0.29) is 13.4 Å². The zero-order valence-corrected chi connectivity index (χ0v) is 39.9. The summed E-state index contributed by atoms with van der Waals surface area (Å²) >= 11 is 0. The molecule has 9 aromatic rings. The predicted molar refractivity (Wildman–Crippen MR) is 287 cm³/mol. The Balaban J connectivity index is 1.07. The molecule has 0 N–H and O–H groups in total. The summed E-state index contributed by atoms with van der Waals surface area (Å²) in [4.78, 5) is 4.92. The molecule has 4 aliphatic rings. The second-order valence-corrected chi connectivity index (χ2v) is 19.9. The van der Waals surface area contributed by atoms with Crippen LogP contribution in [0.5, 0.6) is 23.0 Å². The van der Waals surface area contributed by atoms with Crippen LogP contribution in [0.25, 0.3) is 22.3 Å². The lowest BCUT2D eigenvalue weighted by Gasteiger charge is -2.42. The molecule has 9 aromatic carbocycles. The number of ether oxygens (including phenoxy) is 2. The van der Waals surface area contributed by atoms with Crippen molar-refractivity contribution in [1.29, 1.82) is 0 Å². The molecule has 0 unspecified atom stereocenters. The average molecular weight is 877 g/mol. The fourth-order valence-corrected chi connectivity index (χ4v) is 11.8. The lowest BCUT2D eigenvalue weighted by molar-refractivity contribution is 0.466. The fraction of sp³-hybridized carbons (Fsp3) is 0.129. The monoisotopic (exact) mass is 876 g/mol. The maximum absolute atomic E-state index is 7.34. The van der Waals surface area contributed by atoms with Crippen LogP contribution in [0.4, 0.5) is 34.1 Å². The molecule has 0 amide bonds. The van der Waals surface area contributed by atoms with Crippen molar-refractivity contribution in [3.05, 3.63) is 202 Å². The van der Waals surface area contributed by atoms with Crippen LogP contribution in [0.1, 0.15) is 44.5 Å². The first-order valence-corrected chi connectivity index (χ1v) is 23.9. The van der Waals surface area contributed by atoms with Gasteiger partial charge < -0.3 is 19.3 Å². The van der Waals surface area contributed by atoms with Gasteiger partial charge in [-0.2, -0.15) is 0 Å². The highest BCUT2D eigenvalue weighted by Gasteiger charge is 2.47. The number of hydrogen-bond donors (Lipinski definition) is 0. The van der Waals surface area contributed by atoms with Crippen LogP contribution >= 0.6 is 0 Å². The third-order valence-corrected chi connectivity index (χ3v) is 14.9. The number of nitrogens with zero attached hydrogens (tertiary/aromatic N) is 2. The van der Waals surface area contributed by atoms with E-state index < -0.39 is 0 Å². The van der Waals surface area contributed by atoms with Gasteiger partial charge in [0, 0.05) is 40.2 Å². The van der Waals surface area contributed by atoms with Crippen LogP contribution in [0, 0.1) is 55.4 Å². The van der Waals surface area contributed by atoms with Crippen LogP contribution in [0.3, 0.4) is 0 Å².